The summed E-state index contributed by atoms with van der Waals surface area (Å²) in [5.74, 6) is -0.00639. The largest absolute Gasteiger partial charge is 0.394 e. The lowest BCUT2D eigenvalue weighted by Crippen LogP contribution is -2.60. The minimum absolute atomic E-state index is 0.00639. The first-order valence-corrected chi connectivity index (χ1v) is 4.84. The second kappa shape index (κ2) is 4.57. The number of hydrogen-bond donors (Lipinski definition) is 1. The van der Waals surface area contributed by atoms with Crippen LogP contribution in [0.3, 0.4) is 0 Å². The van der Waals surface area contributed by atoms with Gasteiger partial charge in [-0.05, 0) is 6.92 Å². The lowest BCUT2D eigenvalue weighted by Gasteiger charge is -2.41. The normalized spacial score (nSPS) is 29.4. The fourth-order valence-corrected chi connectivity index (χ4v) is 1.76. The van der Waals surface area contributed by atoms with E-state index in [-0.39, 0.29) is 18.6 Å². The Hall–Kier alpha value is -0.870. The summed E-state index contributed by atoms with van der Waals surface area (Å²) in [4.78, 5) is 15.4. The molecule has 0 aromatic carbocycles. The van der Waals surface area contributed by atoms with E-state index in [2.05, 4.69) is 6.58 Å². The summed E-state index contributed by atoms with van der Waals surface area (Å²) in [5, 5.41) is 9.14. The summed E-state index contributed by atoms with van der Waals surface area (Å²) in [6.45, 7) is 6.96. The van der Waals surface area contributed by atoms with Gasteiger partial charge in [-0.3, -0.25) is 9.69 Å². The molecule has 0 radical (unpaired) electrons. The van der Waals surface area contributed by atoms with Crippen molar-refractivity contribution in [3.05, 3.63) is 12.7 Å². The molecular weight excluding hydrogens is 180 g/mol. The van der Waals surface area contributed by atoms with Gasteiger partial charge in [0.05, 0.1) is 6.61 Å². The van der Waals surface area contributed by atoms with Crippen molar-refractivity contribution in [3.8, 4) is 0 Å². The molecule has 0 aromatic heterocycles. The van der Waals surface area contributed by atoms with Crippen LogP contribution in [0.2, 0.25) is 0 Å². The highest BCUT2D eigenvalue weighted by atomic mass is 16.3. The molecule has 1 heterocycles. The van der Waals surface area contributed by atoms with Crippen LogP contribution in [-0.2, 0) is 4.79 Å². The summed E-state index contributed by atoms with van der Waals surface area (Å²) in [6, 6.07) is -0.195. The minimum atomic E-state index is -0.394. The first-order chi connectivity index (χ1) is 6.61. The van der Waals surface area contributed by atoms with Crippen molar-refractivity contribution in [3.63, 3.8) is 0 Å². The fourth-order valence-electron chi connectivity index (χ4n) is 1.76. The van der Waals surface area contributed by atoms with Gasteiger partial charge in [0.1, 0.15) is 6.04 Å². The van der Waals surface area contributed by atoms with E-state index in [1.54, 1.807) is 18.0 Å². The van der Waals surface area contributed by atoms with E-state index in [1.165, 1.54) is 0 Å². The number of rotatable bonds is 3. The van der Waals surface area contributed by atoms with Gasteiger partial charge in [-0.25, -0.2) is 0 Å². The molecule has 0 aromatic rings. The Balaban J connectivity index is 2.76. The molecule has 0 bridgehead atoms. The third kappa shape index (κ3) is 1.96. The van der Waals surface area contributed by atoms with E-state index < -0.39 is 6.04 Å². The Labute approximate surface area is 84.8 Å². The zero-order valence-corrected chi connectivity index (χ0v) is 8.81. The molecule has 2 atom stereocenters. The first-order valence-electron chi connectivity index (χ1n) is 4.84. The van der Waals surface area contributed by atoms with Crippen LogP contribution in [0.1, 0.15) is 6.92 Å². The van der Waals surface area contributed by atoms with Gasteiger partial charge in [-0.1, -0.05) is 6.08 Å². The monoisotopic (exact) mass is 198 g/mol. The van der Waals surface area contributed by atoms with Gasteiger partial charge < -0.3 is 10.0 Å². The molecule has 0 aliphatic carbocycles. The van der Waals surface area contributed by atoms with E-state index >= 15 is 0 Å². The Bertz CT molecular complexity index is 230. The Kier molecular flexibility index (Phi) is 3.66. The smallest absolute Gasteiger partial charge is 0.242 e. The molecule has 14 heavy (non-hydrogen) atoms. The molecule has 1 fully saturated rings. The van der Waals surface area contributed by atoms with Crippen molar-refractivity contribution in [2.75, 3.05) is 26.7 Å². The number of carbonyl (C=O) groups excluding carboxylic acids is 1. The van der Waals surface area contributed by atoms with Crippen LogP contribution in [0.4, 0.5) is 0 Å². The highest BCUT2D eigenvalue weighted by Gasteiger charge is 2.35. The average molecular weight is 198 g/mol. The topological polar surface area (TPSA) is 43.8 Å². The van der Waals surface area contributed by atoms with Crippen molar-refractivity contribution in [2.45, 2.75) is 19.0 Å². The van der Waals surface area contributed by atoms with E-state index in [4.69, 9.17) is 5.11 Å². The molecule has 2 unspecified atom stereocenters. The highest BCUT2D eigenvalue weighted by Crippen LogP contribution is 2.14. The molecule has 80 valence electrons. The van der Waals surface area contributed by atoms with Crippen LogP contribution in [-0.4, -0.2) is 59.6 Å². The summed E-state index contributed by atoms with van der Waals surface area (Å²) in [5.41, 5.74) is 0. The van der Waals surface area contributed by atoms with Crippen molar-refractivity contribution in [1.82, 2.24) is 9.80 Å². The lowest BCUT2D eigenvalue weighted by atomic mass is 10.1. The predicted octanol–water partition coefficient (Wildman–Crippen LogP) is -0.304. The van der Waals surface area contributed by atoms with Gasteiger partial charge in [0.25, 0.3) is 0 Å². The zero-order chi connectivity index (χ0) is 10.7. The molecule has 1 aliphatic heterocycles. The number of likely N-dealkylation sites (N-methyl/N-ethyl adjacent to an activating group) is 1. The van der Waals surface area contributed by atoms with E-state index in [0.29, 0.717) is 6.54 Å². The average Bonchev–Trinajstić information content (AvgIpc) is 2.16. The van der Waals surface area contributed by atoms with Gasteiger partial charge in [-0.15, -0.1) is 6.58 Å². The molecule has 0 spiro atoms. The third-order valence-electron chi connectivity index (χ3n) is 2.77. The Morgan fingerprint density at radius 1 is 1.71 bits per heavy atom. The number of carbonyl (C=O) groups is 1. The third-order valence-corrected chi connectivity index (χ3v) is 2.77. The number of nitrogens with zero attached hydrogens (tertiary/aromatic N) is 2. The summed E-state index contributed by atoms with van der Waals surface area (Å²) in [7, 11) is 1.78. The summed E-state index contributed by atoms with van der Waals surface area (Å²) in [6.07, 6.45) is 1.76. The standard InChI is InChI=1S/C10H18N2O2/c1-4-5-12-6-8(2)11(3)10(14)9(12)7-13/h4,8-9,13H,1,5-7H2,2-3H3. The number of piperazine rings is 1. The highest BCUT2D eigenvalue weighted by molar-refractivity contribution is 5.82. The molecule has 1 amide bonds. The SMILES string of the molecule is C=CCN1CC(C)N(C)C(=O)C1CO. The van der Waals surface area contributed by atoms with Crippen LogP contribution >= 0.6 is 0 Å². The molecule has 1 N–H and O–H groups in total. The van der Waals surface area contributed by atoms with Crippen molar-refractivity contribution in [2.24, 2.45) is 0 Å². The first kappa shape index (κ1) is 11.2. The summed E-state index contributed by atoms with van der Waals surface area (Å²) < 4.78 is 0. The molecular formula is C10H18N2O2. The van der Waals surface area contributed by atoms with Crippen molar-refractivity contribution < 1.29 is 9.90 Å². The molecule has 4 heteroatoms. The number of aliphatic hydroxyl groups is 1. The Morgan fingerprint density at radius 3 is 2.86 bits per heavy atom. The van der Waals surface area contributed by atoms with Gasteiger partial charge in [0.15, 0.2) is 0 Å². The maximum absolute atomic E-state index is 11.7. The zero-order valence-electron chi connectivity index (χ0n) is 8.81. The second-order valence-corrected chi connectivity index (χ2v) is 3.74. The molecule has 1 rings (SSSR count). The quantitative estimate of drug-likeness (QED) is 0.633. The van der Waals surface area contributed by atoms with E-state index in [0.717, 1.165) is 6.54 Å². The Morgan fingerprint density at radius 2 is 2.36 bits per heavy atom. The lowest BCUT2D eigenvalue weighted by molar-refractivity contribution is -0.144. The van der Waals surface area contributed by atoms with Crippen LogP contribution in [0.5, 0.6) is 0 Å². The van der Waals surface area contributed by atoms with Crippen molar-refractivity contribution in [1.29, 1.82) is 0 Å². The van der Waals surface area contributed by atoms with Crippen LogP contribution in [0.25, 0.3) is 0 Å². The number of hydrogen-bond acceptors (Lipinski definition) is 3. The van der Waals surface area contributed by atoms with Crippen LogP contribution < -0.4 is 0 Å². The number of aliphatic hydroxyl groups excluding tert-OH is 1. The van der Waals surface area contributed by atoms with E-state index in [1.807, 2.05) is 11.8 Å². The van der Waals surface area contributed by atoms with Crippen LogP contribution in [0, 0.1) is 0 Å². The van der Waals surface area contributed by atoms with E-state index in [9.17, 15) is 4.79 Å². The van der Waals surface area contributed by atoms with Crippen molar-refractivity contribution >= 4 is 5.91 Å². The van der Waals surface area contributed by atoms with Gasteiger partial charge in [0, 0.05) is 26.2 Å². The predicted molar refractivity (Wildman–Crippen MR) is 54.9 cm³/mol. The molecule has 0 saturated carbocycles. The second-order valence-electron chi connectivity index (χ2n) is 3.74. The van der Waals surface area contributed by atoms with Crippen LogP contribution in [0.15, 0.2) is 12.7 Å². The molecule has 1 saturated heterocycles. The maximum Gasteiger partial charge on any atom is 0.242 e. The van der Waals surface area contributed by atoms with Gasteiger partial charge >= 0.3 is 0 Å². The van der Waals surface area contributed by atoms with Gasteiger partial charge in [0.2, 0.25) is 5.91 Å². The molecule has 4 nitrogen and oxygen atoms in total. The number of amides is 1. The molecule has 1 aliphatic rings. The minimum Gasteiger partial charge on any atom is -0.394 e. The van der Waals surface area contributed by atoms with Gasteiger partial charge in [-0.2, -0.15) is 0 Å². The maximum atomic E-state index is 11.7. The summed E-state index contributed by atoms with van der Waals surface area (Å²) >= 11 is 0. The fraction of sp³-hybridized carbons (Fsp3) is 0.700.